The van der Waals surface area contributed by atoms with Gasteiger partial charge in [0.15, 0.2) is 16.9 Å². The molecule has 0 atom stereocenters. The van der Waals surface area contributed by atoms with Gasteiger partial charge in [0.25, 0.3) is 0 Å². The molecule has 0 unspecified atom stereocenters. The first-order chi connectivity index (χ1) is 7.61. The molecule has 0 saturated carbocycles. The van der Waals surface area contributed by atoms with E-state index in [0.29, 0.717) is 11.2 Å². The van der Waals surface area contributed by atoms with Gasteiger partial charge in [0.1, 0.15) is 11.0 Å². The number of nitrogens with zero attached hydrogens (tertiary/aromatic N) is 2. The van der Waals surface area contributed by atoms with Crippen molar-refractivity contribution in [2.24, 2.45) is 0 Å². The Morgan fingerprint density at radius 3 is 3.12 bits per heavy atom. The number of halogens is 1. The van der Waals surface area contributed by atoms with E-state index in [0.717, 1.165) is 0 Å². The fourth-order valence-corrected chi connectivity index (χ4v) is 1.35. The molecule has 2 rings (SSSR count). The lowest BCUT2D eigenvalue weighted by Crippen LogP contribution is -2.06. The van der Waals surface area contributed by atoms with Gasteiger partial charge in [-0.2, -0.15) is 0 Å². The molecule has 16 heavy (non-hydrogen) atoms. The number of esters is 1. The predicted molar refractivity (Wildman–Crippen MR) is 59.2 cm³/mol. The van der Waals surface area contributed by atoms with Crippen LogP contribution in [-0.4, -0.2) is 20.9 Å². The van der Waals surface area contributed by atoms with E-state index in [1.807, 2.05) is 0 Å². The number of hydrogen-bond acceptors (Lipinski definition) is 5. The van der Waals surface area contributed by atoms with Crippen LogP contribution in [0.25, 0.3) is 11.2 Å². The topological polar surface area (TPSA) is 93.9 Å². The number of anilines is 1. The molecule has 2 heterocycles. The third kappa shape index (κ3) is 1.79. The minimum absolute atomic E-state index is 0.178. The highest BCUT2D eigenvalue weighted by Crippen LogP contribution is 2.30. The van der Waals surface area contributed by atoms with Crippen molar-refractivity contribution in [2.45, 2.75) is 13.3 Å². The van der Waals surface area contributed by atoms with Crippen LogP contribution in [0.15, 0.2) is 6.20 Å². The number of aromatic amines is 1. The second-order valence-electron chi connectivity index (χ2n) is 3.09. The molecule has 0 radical (unpaired) electrons. The van der Waals surface area contributed by atoms with Crippen LogP contribution in [0, 0.1) is 0 Å². The summed E-state index contributed by atoms with van der Waals surface area (Å²) in [6, 6.07) is 0. The van der Waals surface area contributed by atoms with Crippen molar-refractivity contribution in [1.82, 2.24) is 15.0 Å². The number of nitrogen functional groups attached to an aromatic ring is 1. The first-order valence-corrected chi connectivity index (χ1v) is 5.00. The quantitative estimate of drug-likeness (QED) is 0.776. The number of aromatic nitrogens is 3. The number of ether oxygens (including phenoxy) is 1. The van der Waals surface area contributed by atoms with Gasteiger partial charge in [0, 0.05) is 6.42 Å². The third-order valence-electron chi connectivity index (χ3n) is 1.96. The van der Waals surface area contributed by atoms with Gasteiger partial charge < -0.3 is 15.5 Å². The molecule has 7 heteroatoms. The third-order valence-corrected chi connectivity index (χ3v) is 2.14. The molecule has 0 aliphatic carbocycles. The number of rotatable bonds is 2. The Morgan fingerprint density at radius 1 is 1.69 bits per heavy atom. The zero-order valence-electron chi connectivity index (χ0n) is 8.45. The lowest BCUT2D eigenvalue weighted by Gasteiger charge is -2.00. The largest absolute Gasteiger partial charge is 0.420 e. The summed E-state index contributed by atoms with van der Waals surface area (Å²) in [5.41, 5.74) is 6.44. The average molecular weight is 241 g/mol. The monoisotopic (exact) mass is 240 g/mol. The number of fused-ring (bicyclic) bond motifs is 1. The fourth-order valence-electron chi connectivity index (χ4n) is 1.22. The molecule has 0 bridgehead atoms. The molecule has 6 nitrogen and oxygen atoms in total. The highest BCUT2D eigenvalue weighted by atomic mass is 35.5. The van der Waals surface area contributed by atoms with Crippen LogP contribution in [0.5, 0.6) is 5.75 Å². The normalized spacial score (nSPS) is 10.6. The van der Waals surface area contributed by atoms with E-state index in [1.165, 1.54) is 6.20 Å². The van der Waals surface area contributed by atoms with Crippen LogP contribution in [0.1, 0.15) is 13.3 Å². The van der Waals surface area contributed by atoms with E-state index >= 15 is 0 Å². The number of H-pyrrole nitrogens is 1. The molecule has 0 aliphatic heterocycles. The molecule has 0 aliphatic rings. The van der Waals surface area contributed by atoms with E-state index in [2.05, 4.69) is 15.0 Å². The Hall–Kier alpha value is -1.82. The Labute approximate surface area is 95.8 Å². The number of hydrogen-bond donors (Lipinski definition) is 2. The predicted octanol–water partition coefficient (Wildman–Crippen LogP) is 1.51. The SMILES string of the molecule is CCC(=O)Oc1c(N)[nH]c2ncc(Cl)nc12. The molecule has 0 spiro atoms. The lowest BCUT2D eigenvalue weighted by molar-refractivity contribution is -0.133. The summed E-state index contributed by atoms with van der Waals surface area (Å²) in [6.07, 6.45) is 1.63. The number of carbonyl (C=O) groups excluding carboxylic acids is 1. The van der Waals surface area contributed by atoms with Crippen LogP contribution in [0.4, 0.5) is 5.82 Å². The summed E-state index contributed by atoms with van der Waals surface area (Å²) in [7, 11) is 0. The number of nitrogens with two attached hydrogens (primary N) is 1. The van der Waals surface area contributed by atoms with Gasteiger partial charge in [-0.05, 0) is 0 Å². The Bertz CT molecular complexity index is 552. The minimum atomic E-state index is -0.394. The zero-order valence-corrected chi connectivity index (χ0v) is 9.21. The van der Waals surface area contributed by atoms with Crippen molar-refractivity contribution in [3.8, 4) is 5.75 Å². The van der Waals surface area contributed by atoms with Gasteiger partial charge in [0.2, 0.25) is 0 Å². The van der Waals surface area contributed by atoms with Crippen molar-refractivity contribution in [1.29, 1.82) is 0 Å². The Kier molecular flexibility index (Phi) is 2.66. The molecule has 3 N–H and O–H groups in total. The second kappa shape index (κ2) is 3.97. The van der Waals surface area contributed by atoms with E-state index in [4.69, 9.17) is 22.1 Å². The summed E-state index contributed by atoms with van der Waals surface area (Å²) in [6.45, 7) is 1.69. The van der Waals surface area contributed by atoms with Crippen LogP contribution in [0.3, 0.4) is 0 Å². The van der Waals surface area contributed by atoms with Gasteiger partial charge >= 0.3 is 5.97 Å². The van der Waals surface area contributed by atoms with Crippen LogP contribution < -0.4 is 10.5 Å². The van der Waals surface area contributed by atoms with E-state index in [1.54, 1.807) is 6.92 Å². The van der Waals surface area contributed by atoms with Gasteiger partial charge in [-0.3, -0.25) is 4.79 Å². The summed E-state index contributed by atoms with van der Waals surface area (Å²) < 4.78 is 5.05. The van der Waals surface area contributed by atoms with Gasteiger partial charge in [-0.15, -0.1) is 0 Å². The van der Waals surface area contributed by atoms with Crippen molar-refractivity contribution >= 4 is 34.6 Å². The maximum atomic E-state index is 11.2. The van der Waals surface area contributed by atoms with Crippen LogP contribution >= 0.6 is 11.6 Å². The maximum Gasteiger partial charge on any atom is 0.311 e. The van der Waals surface area contributed by atoms with E-state index in [9.17, 15) is 4.79 Å². The summed E-state index contributed by atoms with van der Waals surface area (Å²) in [5, 5.41) is 0.209. The molecule has 0 fully saturated rings. The van der Waals surface area contributed by atoms with Gasteiger partial charge in [-0.25, -0.2) is 9.97 Å². The summed E-state index contributed by atoms with van der Waals surface area (Å²) in [5.74, 6) is -0.00899. The Morgan fingerprint density at radius 2 is 2.44 bits per heavy atom. The molecule has 2 aromatic rings. The highest BCUT2D eigenvalue weighted by molar-refractivity contribution is 6.29. The molecule has 0 amide bonds. The van der Waals surface area contributed by atoms with Crippen LogP contribution in [0.2, 0.25) is 5.15 Å². The standard InChI is InChI=1S/C9H9ClN4O2/c1-2-5(15)16-7-6-9(14-8(7)11)12-3-4(10)13-6/h3H,2,11H2,1H3,(H,12,14). The molecular formula is C9H9ClN4O2. The van der Waals surface area contributed by atoms with E-state index < -0.39 is 5.97 Å². The van der Waals surface area contributed by atoms with Gasteiger partial charge in [-0.1, -0.05) is 18.5 Å². The molecule has 2 aromatic heterocycles. The first-order valence-electron chi connectivity index (χ1n) is 4.62. The molecule has 0 saturated heterocycles. The number of carbonyl (C=O) groups is 1. The van der Waals surface area contributed by atoms with Crippen molar-refractivity contribution in [2.75, 3.05) is 5.73 Å². The highest BCUT2D eigenvalue weighted by Gasteiger charge is 2.16. The van der Waals surface area contributed by atoms with Gasteiger partial charge in [0.05, 0.1) is 6.20 Å². The van der Waals surface area contributed by atoms with E-state index in [-0.39, 0.29) is 23.1 Å². The van der Waals surface area contributed by atoms with Crippen molar-refractivity contribution < 1.29 is 9.53 Å². The molecule has 0 aromatic carbocycles. The number of nitrogens with one attached hydrogen (secondary N) is 1. The minimum Gasteiger partial charge on any atom is -0.420 e. The lowest BCUT2D eigenvalue weighted by atomic mass is 10.4. The Balaban J connectivity index is 2.54. The van der Waals surface area contributed by atoms with Crippen LogP contribution in [-0.2, 0) is 4.79 Å². The second-order valence-corrected chi connectivity index (χ2v) is 3.47. The average Bonchev–Trinajstić information content (AvgIpc) is 2.55. The molecule has 84 valence electrons. The summed E-state index contributed by atoms with van der Waals surface area (Å²) >= 11 is 5.70. The molecular weight excluding hydrogens is 232 g/mol. The summed E-state index contributed by atoms with van der Waals surface area (Å²) in [4.78, 5) is 21.9. The first kappa shape index (κ1) is 10.7. The zero-order chi connectivity index (χ0) is 11.7. The van der Waals surface area contributed by atoms with Crippen molar-refractivity contribution in [3.63, 3.8) is 0 Å². The fraction of sp³-hybridized carbons (Fsp3) is 0.222. The van der Waals surface area contributed by atoms with Crippen molar-refractivity contribution in [3.05, 3.63) is 11.3 Å². The smallest absolute Gasteiger partial charge is 0.311 e. The maximum absolute atomic E-state index is 11.2.